The molecular weight excluding hydrogens is 560 g/mol. The van der Waals surface area contributed by atoms with Crippen molar-refractivity contribution in [2.45, 2.75) is 5.41 Å². The minimum atomic E-state index is -0.549. The summed E-state index contributed by atoms with van der Waals surface area (Å²) in [6.07, 6.45) is 0. The van der Waals surface area contributed by atoms with Crippen LogP contribution in [0.4, 0.5) is 11.4 Å². The van der Waals surface area contributed by atoms with Crippen LogP contribution in [-0.4, -0.2) is 4.57 Å². The summed E-state index contributed by atoms with van der Waals surface area (Å²) in [6.45, 7) is 0. The Morgan fingerprint density at radius 2 is 1.04 bits per heavy atom. The fourth-order valence-electron chi connectivity index (χ4n) is 8.14. The molecule has 3 heteroatoms. The number of para-hydroxylation sites is 4. The van der Waals surface area contributed by atoms with Crippen LogP contribution in [0, 0.1) is 0 Å². The first-order valence-electron chi connectivity index (χ1n) is 15.8. The van der Waals surface area contributed by atoms with E-state index in [9.17, 15) is 0 Å². The normalized spacial score (nSPS) is 13.6. The smallest absolute Gasteiger partial charge is 0.132 e. The van der Waals surface area contributed by atoms with E-state index in [-0.39, 0.29) is 0 Å². The van der Waals surface area contributed by atoms with E-state index in [0.29, 0.717) is 0 Å². The maximum atomic E-state index is 6.58. The van der Waals surface area contributed by atoms with Crippen LogP contribution in [0.1, 0.15) is 22.3 Å². The third-order valence-electron chi connectivity index (χ3n) is 9.84. The van der Waals surface area contributed by atoms with Crippen molar-refractivity contribution >= 4 is 33.2 Å². The summed E-state index contributed by atoms with van der Waals surface area (Å²) in [5, 5.41) is 6.44. The summed E-state index contributed by atoms with van der Waals surface area (Å²) in [7, 11) is 0. The zero-order valence-corrected chi connectivity index (χ0v) is 24.9. The number of hydrogen-bond donors (Lipinski definition) is 1. The Labute approximate surface area is 267 Å². The summed E-state index contributed by atoms with van der Waals surface area (Å²) in [6, 6.07) is 58.6. The van der Waals surface area contributed by atoms with Crippen LogP contribution < -0.4 is 10.1 Å². The van der Waals surface area contributed by atoms with Gasteiger partial charge in [-0.2, -0.15) is 0 Å². The molecule has 0 radical (unpaired) electrons. The van der Waals surface area contributed by atoms with Gasteiger partial charge in [0.2, 0.25) is 0 Å². The van der Waals surface area contributed by atoms with Crippen molar-refractivity contribution in [3.8, 4) is 28.3 Å². The molecule has 1 aliphatic carbocycles. The number of rotatable bonds is 3. The van der Waals surface area contributed by atoms with E-state index < -0.39 is 5.41 Å². The van der Waals surface area contributed by atoms with Crippen molar-refractivity contribution in [1.29, 1.82) is 0 Å². The minimum Gasteiger partial charge on any atom is -0.457 e. The van der Waals surface area contributed by atoms with E-state index in [1.165, 1.54) is 44.1 Å². The standard InChI is InChI=1S/C43H28N2O/c1-2-14-28(15-3-1)45-37-24-9-5-17-31(37)41-35(22-13-25-38(41)45)44-36-23-12-18-30-29-16-4-6-19-32(29)43(42(30)36)33-20-7-10-26-39(33)46-40-27-11-8-21-34(40)43/h1-27,44H. The molecule has 0 saturated carbocycles. The molecule has 0 bridgehead atoms. The second kappa shape index (κ2) is 9.47. The lowest BCUT2D eigenvalue weighted by molar-refractivity contribution is 0.436. The summed E-state index contributed by atoms with van der Waals surface area (Å²) >= 11 is 0. The van der Waals surface area contributed by atoms with Gasteiger partial charge in [0.15, 0.2) is 0 Å². The van der Waals surface area contributed by atoms with E-state index in [1.54, 1.807) is 0 Å². The van der Waals surface area contributed by atoms with Gasteiger partial charge in [-0.05, 0) is 65.2 Å². The molecule has 2 heterocycles. The molecule has 0 atom stereocenters. The lowest BCUT2D eigenvalue weighted by Crippen LogP contribution is -2.32. The van der Waals surface area contributed by atoms with Crippen LogP contribution >= 0.6 is 0 Å². The first-order chi connectivity index (χ1) is 22.8. The van der Waals surface area contributed by atoms with Gasteiger partial charge in [0.25, 0.3) is 0 Å². The maximum absolute atomic E-state index is 6.58. The Morgan fingerprint density at radius 1 is 0.457 bits per heavy atom. The second-order valence-corrected chi connectivity index (χ2v) is 12.1. The molecule has 46 heavy (non-hydrogen) atoms. The quantitative estimate of drug-likeness (QED) is 0.222. The predicted molar refractivity (Wildman–Crippen MR) is 188 cm³/mol. The summed E-state index contributed by atoms with van der Waals surface area (Å²) in [4.78, 5) is 0. The number of ether oxygens (including phenoxy) is 1. The molecule has 7 aromatic carbocycles. The number of benzene rings is 7. The van der Waals surface area contributed by atoms with Gasteiger partial charge in [-0.25, -0.2) is 0 Å². The third-order valence-corrected chi connectivity index (χ3v) is 9.84. The van der Waals surface area contributed by atoms with Gasteiger partial charge in [0.05, 0.1) is 16.4 Å². The zero-order chi connectivity index (χ0) is 30.2. The number of nitrogens with zero attached hydrogens (tertiary/aromatic N) is 1. The molecule has 8 aromatic rings. The Hall–Kier alpha value is -6.06. The lowest BCUT2D eigenvalue weighted by atomic mass is 9.65. The number of nitrogens with one attached hydrogen (secondary N) is 1. The highest BCUT2D eigenvalue weighted by Gasteiger charge is 2.52. The molecule has 0 saturated heterocycles. The van der Waals surface area contributed by atoms with Crippen LogP contribution in [0.25, 0.3) is 38.6 Å². The summed E-state index contributed by atoms with van der Waals surface area (Å²) in [5.41, 5.74) is 12.5. The molecular formula is C43H28N2O. The maximum Gasteiger partial charge on any atom is 0.132 e. The largest absolute Gasteiger partial charge is 0.457 e. The van der Waals surface area contributed by atoms with Gasteiger partial charge < -0.3 is 14.6 Å². The average Bonchev–Trinajstić information content (AvgIpc) is 3.61. The van der Waals surface area contributed by atoms with E-state index in [2.05, 4.69) is 174 Å². The molecule has 1 N–H and O–H groups in total. The molecule has 0 fully saturated rings. The SMILES string of the molecule is c1ccc(-n2c3ccccc3c3c(Nc4cccc5c4C4(c6ccccc6Oc6ccccc64)c4ccccc4-5)cccc32)cc1. The Bertz CT molecular complexity index is 2440. The highest BCUT2D eigenvalue weighted by atomic mass is 16.5. The Kier molecular flexibility index (Phi) is 5.20. The van der Waals surface area contributed by atoms with Gasteiger partial charge in [0.1, 0.15) is 11.5 Å². The minimum absolute atomic E-state index is 0.549. The van der Waals surface area contributed by atoms with Gasteiger partial charge in [-0.3, -0.25) is 0 Å². The number of fused-ring (bicyclic) bond motifs is 12. The lowest BCUT2D eigenvalue weighted by Gasteiger charge is -2.40. The van der Waals surface area contributed by atoms with Crippen LogP contribution in [0.5, 0.6) is 11.5 Å². The number of aromatic nitrogens is 1. The molecule has 1 aromatic heterocycles. The van der Waals surface area contributed by atoms with E-state index >= 15 is 0 Å². The van der Waals surface area contributed by atoms with E-state index in [0.717, 1.165) is 39.7 Å². The van der Waals surface area contributed by atoms with Crippen molar-refractivity contribution in [3.05, 3.63) is 186 Å². The highest BCUT2D eigenvalue weighted by Crippen LogP contribution is 2.63. The monoisotopic (exact) mass is 588 g/mol. The number of hydrogen-bond acceptors (Lipinski definition) is 2. The average molecular weight is 589 g/mol. The fourth-order valence-corrected chi connectivity index (χ4v) is 8.14. The molecule has 10 rings (SSSR count). The molecule has 2 aliphatic rings. The van der Waals surface area contributed by atoms with Crippen LogP contribution in [0.15, 0.2) is 164 Å². The fraction of sp³-hybridized carbons (Fsp3) is 0.0233. The van der Waals surface area contributed by atoms with Crippen molar-refractivity contribution in [2.75, 3.05) is 5.32 Å². The highest BCUT2D eigenvalue weighted by molar-refractivity contribution is 6.15. The van der Waals surface area contributed by atoms with Crippen LogP contribution in [0.3, 0.4) is 0 Å². The molecule has 3 nitrogen and oxygen atoms in total. The van der Waals surface area contributed by atoms with Gasteiger partial charge >= 0.3 is 0 Å². The number of anilines is 2. The molecule has 1 spiro atoms. The van der Waals surface area contributed by atoms with Crippen LogP contribution in [0.2, 0.25) is 0 Å². The molecule has 1 aliphatic heterocycles. The first kappa shape index (κ1) is 25.3. The molecule has 0 unspecified atom stereocenters. The van der Waals surface area contributed by atoms with Crippen molar-refractivity contribution in [1.82, 2.24) is 4.57 Å². The summed E-state index contributed by atoms with van der Waals surface area (Å²) in [5.74, 6) is 1.79. The van der Waals surface area contributed by atoms with Gasteiger partial charge in [-0.1, -0.05) is 115 Å². The Morgan fingerprint density at radius 3 is 1.85 bits per heavy atom. The molecule has 0 amide bonds. The van der Waals surface area contributed by atoms with Gasteiger partial charge in [0, 0.05) is 44.5 Å². The second-order valence-electron chi connectivity index (χ2n) is 12.1. The van der Waals surface area contributed by atoms with Crippen molar-refractivity contribution in [2.24, 2.45) is 0 Å². The zero-order valence-electron chi connectivity index (χ0n) is 24.9. The Balaban J connectivity index is 1.27. The van der Waals surface area contributed by atoms with E-state index in [4.69, 9.17) is 4.74 Å². The molecule has 216 valence electrons. The first-order valence-corrected chi connectivity index (χ1v) is 15.8. The third kappa shape index (κ3) is 3.26. The summed E-state index contributed by atoms with van der Waals surface area (Å²) < 4.78 is 8.95. The van der Waals surface area contributed by atoms with Crippen molar-refractivity contribution < 1.29 is 4.74 Å². The van der Waals surface area contributed by atoms with Gasteiger partial charge in [-0.15, -0.1) is 0 Å². The predicted octanol–water partition coefficient (Wildman–Crippen LogP) is 11.0. The van der Waals surface area contributed by atoms with E-state index in [1.807, 2.05) is 0 Å². The topological polar surface area (TPSA) is 26.2 Å². The van der Waals surface area contributed by atoms with Crippen LogP contribution in [-0.2, 0) is 5.41 Å². The van der Waals surface area contributed by atoms with Crippen molar-refractivity contribution in [3.63, 3.8) is 0 Å².